The highest BCUT2D eigenvalue weighted by Gasteiger charge is 2.28. The van der Waals surface area contributed by atoms with Crippen LogP contribution in [-0.2, 0) is 11.2 Å². The van der Waals surface area contributed by atoms with Crippen LogP contribution in [0, 0.1) is 0 Å². The van der Waals surface area contributed by atoms with Gasteiger partial charge in [-0.2, -0.15) is 8.78 Å². The highest BCUT2D eigenvalue weighted by molar-refractivity contribution is 5.85. The zero-order chi connectivity index (χ0) is 19.1. The zero-order valence-corrected chi connectivity index (χ0v) is 14.3. The summed E-state index contributed by atoms with van der Waals surface area (Å²) in [7, 11) is 0. The lowest BCUT2D eigenvalue weighted by molar-refractivity contribution is -0.134. The third kappa shape index (κ3) is 5.68. The number of nitrogens with zero attached hydrogens (tertiary/aromatic N) is 2. The third-order valence-electron chi connectivity index (χ3n) is 4.32. The van der Waals surface area contributed by atoms with Crippen LogP contribution in [0.15, 0.2) is 30.0 Å². The number of halogens is 2. The van der Waals surface area contributed by atoms with E-state index >= 15 is 0 Å². The van der Waals surface area contributed by atoms with E-state index in [1.54, 1.807) is 12.1 Å². The van der Waals surface area contributed by atoms with E-state index in [9.17, 15) is 18.4 Å². The monoisotopic (exact) mass is 368 g/mol. The summed E-state index contributed by atoms with van der Waals surface area (Å²) in [5.41, 5.74) is 6.98. The predicted octanol–water partition coefficient (Wildman–Crippen LogP) is 2.40. The first-order valence-corrected chi connectivity index (χ1v) is 8.38. The van der Waals surface area contributed by atoms with Gasteiger partial charge in [0.15, 0.2) is 0 Å². The standard InChI is InChI=1S/C17H22F2N4O3/c18-15(19)11-6-8-23(9-7-11)16(24)14(22-17(25)26)3-1-2-13-5-4-12(20)10-21-13/h4-5,10,14,22H,1-3,6-9,20H2,(H,25,26)/t14-/m0/s1. The molecule has 0 saturated carbocycles. The second-order valence-corrected chi connectivity index (χ2v) is 6.17. The maximum Gasteiger partial charge on any atom is 0.405 e. The molecule has 7 nitrogen and oxygen atoms in total. The number of pyridine rings is 1. The average molecular weight is 368 g/mol. The summed E-state index contributed by atoms with van der Waals surface area (Å²) in [6.07, 6.45) is 0.211. The Morgan fingerprint density at radius 3 is 2.54 bits per heavy atom. The van der Waals surface area contributed by atoms with Gasteiger partial charge in [0.2, 0.25) is 5.91 Å². The summed E-state index contributed by atoms with van der Waals surface area (Å²) in [6.45, 7) is 0.339. The van der Waals surface area contributed by atoms with Crippen LogP contribution in [0.1, 0.15) is 31.4 Å². The largest absolute Gasteiger partial charge is 0.465 e. The maximum absolute atomic E-state index is 12.6. The van der Waals surface area contributed by atoms with Crippen molar-refractivity contribution in [2.45, 2.75) is 38.1 Å². The van der Waals surface area contributed by atoms with Crippen LogP contribution in [0.5, 0.6) is 0 Å². The van der Waals surface area contributed by atoms with Crippen LogP contribution in [0.3, 0.4) is 0 Å². The molecule has 0 aromatic carbocycles. The van der Waals surface area contributed by atoms with Gasteiger partial charge in [-0.05, 0) is 49.8 Å². The highest BCUT2D eigenvalue weighted by atomic mass is 19.3. The fourth-order valence-electron chi connectivity index (χ4n) is 2.88. The summed E-state index contributed by atoms with van der Waals surface area (Å²) in [6, 6.07) is 2.60. The van der Waals surface area contributed by atoms with Gasteiger partial charge in [-0.15, -0.1) is 0 Å². The molecule has 142 valence electrons. The summed E-state index contributed by atoms with van der Waals surface area (Å²) in [4.78, 5) is 29.2. The Bertz CT molecular complexity index is 665. The van der Waals surface area contributed by atoms with Crippen molar-refractivity contribution in [1.82, 2.24) is 15.2 Å². The van der Waals surface area contributed by atoms with Gasteiger partial charge < -0.3 is 21.1 Å². The smallest absolute Gasteiger partial charge is 0.405 e. The highest BCUT2D eigenvalue weighted by Crippen LogP contribution is 2.22. The van der Waals surface area contributed by atoms with E-state index in [0.717, 1.165) is 5.69 Å². The minimum atomic E-state index is -1.69. The van der Waals surface area contributed by atoms with Crippen molar-refractivity contribution in [3.8, 4) is 0 Å². The van der Waals surface area contributed by atoms with Gasteiger partial charge >= 0.3 is 6.09 Å². The first kappa shape index (κ1) is 19.6. The third-order valence-corrected chi connectivity index (χ3v) is 4.32. The van der Waals surface area contributed by atoms with Crippen LogP contribution in [0.4, 0.5) is 19.3 Å². The van der Waals surface area contributed by atoms with E-state index < -0.39 is 18.2 Å². The molecular weight excluding hydrogens is 346 g/mol. The number of amides is 2. The summed E-state index contributed by atoms with van der Waals surface area (Å²) >= 11 is 0. The Morgan fingerprint density at radius 2 is 2.00 bits per heavy atom. The number of hydrogen-bond acceptors (Lipinski definition) is 4. The summed E-state index contributed by atoms with van der Waals surface area (Å²) in [5.74, 6) is -0.379. The molecule has 0 aliphatic carbocycles. The van der Waals surface area contributed by atoms with Crippen LogP contribution in [0.2, 0.25) is 0 Å². The number of aromatic nitrogens is 1. The fraction of sp³-hybridized carbons (Fsp3) is 0.471. The molecule has 1 aliphatic rings. The van der Waals surface area contributed by atoms with Crippen molar-refractivity contribution >= 4 is 17.7 Å². The van der Waals surface area contributed by atoms with Gasteiger partial charge in [-0.3, -0.25) is 9.78 Å². The van der Waals surface area contributed by atoms with Crippen LogP contribution in [0.25, 0.3) is 0 Å². The van der Waals surface area contributed by atoms with E-state index in [4.69, 9.17) is 10.8 Å². The van der Waals surface area contributed by atoms with Crippen molar-refractivity contribution in [1.29, 1.82) is 0 Å². The molecule has 2 amide bonds. The molecule has 2 heterocycles. The van der Waals surface area contributed by atoms with Crippen LogP contribution < -0.4 is 11.1 Å². The second-order valence-electron chi connectivity index (χ2n) is 6.17. The van der Waals surface area contributed by atoms with E-state index in [1.807, 2.05) is 0 Å². The molecular formula is C17H22F2N4O3. The minimum Gasteiger partial charge on any atom is -0.465 e. The van der Waals surface area contributed by atoms with Gasteiger partial charge in [-0.1, -0.05) is 0 Å². The molecule has 26 heavy (non-hydrogen) atoms. The topological polar surface area (TPSA) is 109 Å². The van der Waals surface area contributed by atoms with Crippen LogP contribution in [-0.4, -0.2) is 46.1 Å². The second kappa shape index (κ2) is 9.12. The Labute approximate surface area is 149 Å². The maximum atomic E-state index is 12.6. The number of nitrogens with one attached hydrogen (secondary N) is 1. The lowest BCUT2D eigenvalue weighted by Gasteiger charge is -2.31. The number of nitrogen functional groups attached to an aromatic ring is 1. The number of carbonyl (C=O) groups is 2. The van der Waals surface area contributed by atoms with Gasteiger partial charge in [0, 0.05) is 18.8 Å². The van der Waals surface area contributed by atoms with Crippen molar-refractivity contribution in [3.63, 3.8) is 0 Å². The van der Waals surface area contributed by atoms with E-state index in [1.165, 1.54) is 11.1 Å². The number of hydrogen-bond donors (Lipinski definition) is 3. The molecule has 1 aliphatic heterocycles. The average Bonchev–Trinajstić information content (AvgIpc) is 2.61. The number of likely N-dealkylation sites (tertiary alicyclic amines) is 1. The molecule has 1 aromatic rings. The van der Waals surface area contributed by atoms with Gasteiger partial charge in [-0.25, -0.2) is 4.79 Å². The van der Waals surface area contributed by atoms with E-state index in [2.05, 4.69) is 10.3 Å². The molecule has 1 fully saturated rings. The molecule has 0 unspecified atom stereocenters. The summed E-state index contributed by atoms with van der Waals surface area (Å²) in [5, 5.41) is 11.2. The number of anilines is 1. The summed E-state index contributed by atoms with van der Waals surface area (Å²) < 4.78 is 25.2. The Morgan fingerprint density at radius 1 is 1.31 bits per heavy atom. The van der Waals surface area contributed by atoms with Gasteiger partial charge in [0.25, 0.3) is 6.08 Å². The first-order valence-electron chi connectivity index (χ1n) is 8.38. The molecule has 0 spiro atoms. The van der Waals surface area contributed by atoms with Gasteiger partial charge in [0.05, 0.1) is 11.9 Å². The van der Waals surface area contributed by atoms with Crippen molar-refractivity contribution in [2.75, 3.05) is 18.8 Å². The van der Waals surface area contributed by atoms with Gasteiger partial charge in [0.1, 0.15) is 6.04 Å². The first-order chi connectivity index (χ1) is 12.4. The van der Waals surface area contributed by atoms with Crippen molar-refractivity contribution in [2.24, 2.45) is 0 Å². The molecule has 1 saturated heterocycles. The lowest BCUT2D eigenvalue weighted by Crippen LogP contribution is -2.50. The quantitative estimate of drug-likeness (QED) is 0.714. The SMILES string of the molecule is Nc1ccc(CCC[C@H](NC(=O)O)C(=O)N2CCC(=C(F)F)CC2)nc1. The molecule has 4 N–H and O–H groups in total. The zero-order valence-electron chi connectivity index (χ0n) is 14.3. The Kier molecular flexibility index (Phi) is 6.88. The molecule has 0 bridgehead atoms. The Balaban J connectivity index is 1.91. The molecule has 1 aromatic heterocycles. The lowest BCUT2D eigenvalue weighted by atomic mass is 10.0. The molecule has 9 heteroatoms. The number of piperidine rings is 1. The van der Waals surface area contributed by atoms with E-state index in [0.29, 0.717) is 24.9 Å². The number of aryl methyl sites for hydroxylation is 1. The van der Waals surface area contributed by atoms with Crippen molar-refractivity contribution < 1.29 is 23.5 Å². The predicted molar refractivity (Wildman–Crippen MR) is 91.6 cm³/mol. The van der Waals surface area contributed by atoms with E-state index in [-0.39, 0.29) is 37.4 Å². The number of carboxylic acid groups (broad SMARTS) is 1. The number of carbonyl (C=O) groups excluding carboxylic acids is 1. The fourth-order valence-corrected chi connectivity index (χ4v) is 2.88. The Hall–Kier alpha value is -2.71. The number of rotatable bonds is 6. The minimum absolute atomic E-state index is 0.0613. The normalized spacial score (nSPS) is 15.5. The number of nitrogens with two attached hydrogens (primary N) is 1. The molecule has 2 rings (SSSR count). The van der Waals surface area contributed by atoms with Crippen LogP contribution >= 0.6 is 0 Å². The molecule has 0 radical (unpaired) electrons. The molecule has 1 atom stereocenters. The van der Waals surface area contributed by atoms with Crippen molar-refractivity contribution in [3.05, 3.63) is 35.7 Å².